The lowest BCUT2D eigenvalue weighted by atomic mass is 10.1. The number of hydrogen-bond donors (Lipinski definition) is 1. The Morgan fingerprint density at radius 1 is 0.824 bits per heavy atom. The maximum absolute atomic E-state index is 9.47. The highest BCUT2D eigenvalue weighted by Gasteiger charge is 2.01. The van der Waals surface area contributed by atoms with Crippen molar-refractivity contribution in [1.82, 2.24) is 4.98 Å². The van der Waals surface area contributed by atoms with E-state index >= 15 is 0 Å². The zero-order valence-corrected chi connectivity index (χ0v) is 9.17. The summed E-state index contributed by atoms with van der Waals surface area (Å²) in [4.78, 5) is 4.41. The van der Waals surface area contributed by atoms with Crippen molar-refractivity contribution in [3.8, 4) is 16.9 Å². The summed E-state index contributed by atoms with van der Waals surface area (Å²) >= 11 is 0. The highest BCUT2D eigenvalue weighted by Crippen LogP contribution is 2.25. The second-order valence-corrected chi connectivity index (χ2v) is 3.97. The van der Waals surface area contributed by atoms with Crippen molar-refractivity contribution in [1.29, 1.82) is 0 Å². The summed E-state index contributed by atoms with van der Waals surface area (Å²) in [5.74, 6) is 0.274. The molecule has 1 aromatic heterocycles. The van der Waals surface area contributed by atoms with E-state index in [9.17, 15) is 5.11 Å². The van der Waals surface area contributed by atoms with Crippen LogP contribution < -0.4 is 0 Å². The largest absolute Gasteiger partial charge is 0.508 e. The van der Waals surface area contributed by atoms with Gasteiger partial charge in [-0.05, 0) is 29.8 Å². The third-order valence-electron chi connectivity index (χ3n) is 2.77. The van der Waals surface area contributed by atoms with Crippen molar-refractivity contribution in [2.24, 2.45) is 0 Å². The van der Waals surface area contributed by atoms with Crippen LogP contribution in [0.5, 0.6) is 5.75 Å². The summed E-state index contributed by atoms with van der Waals surface area (Å²) in [7, 11) is 0. The molecule has 2 heteroatoms. The molecule has 0 unspecified atom stereocenters. The minimum absolute atomic E-state index is 0.274. The molecule has 0 spiro atoms. The van der Waals surface area contributed by atoms with E-state index in [-0.39, 0.29) is 5.75 Å². The van der Waals surface area contributed by atoms with E-state index in [0.29, 0.717) is 0 Å². The molecule has 0 saturated heterocycles. The lowest BCUT2D eigenvalue weighted by Gasteiger charge is -2.03. The van der Waals surface area contributed by atoms with Gasteiger partial charge in [0.05, 0.1) is 5.52 Å². The topological polar surface area (TPSA) is 33.1 Å². The molecule has 0 radical (unpaired) electrons. The van der Waals surface area contributed by atoms with Gasteiger partial charge in [-0.2, -0.15) is 0 Å². The first kappa shape index (κ1) is 9.85. The van der Waals surface area contributed by atoms with Crippen LogP contribution in [0.4, 0.5) is 0 Å². The number of aromatic hydroxyl groups is 1. The molecule has 0 amide bonds. The highest BCUT2D eigenvalue weighted by molar-refractivity contribution is 5.83. The van der Waals surface area contributed by atoms with Crippen LogP contribution in [-0.4, -0.2) is 10.1 Å². The van der Waals surface area contributed by atoms with E-state index in [1.165, 1.54) is 0 Å². The van der Waals surface area contributed by atoms with Gasteiger partial charge in [0, 0.05) is 17.1 Å². The van der Waals surface area contributed by atoms with E-state index in [0.717, 1.165) is 22.0 Å². The second-order valence-electron chi connectivity index (χ2n) is 3.97. The Kier molecular flexibility index (Phi) is 2.26. The minimum atomic E-state index is 0.274. The number of nitrogens with zero attached hydrogens (tertiary/aromatic N) is 1. The molecule has 3 rings (SSSR count). The van der Waals surface area contributed by atoms with Gasteiger partial charge in [0.2, 0.25) is 0 Å². The van der Waals surface area contributed by atoms with Crippen molar-refractivity contribution >= 4 is 10.9 Å². The van der Waals surface area contributed by atoms with Gasteiger partial charge in [-0.15, -0.1) is 0 Å². The molecule has 2 aromatic carbocycles. The molecule has 0 bridgehead atoms. The van der Waals surface area contributed by atoms with Gasteiger partial charge in [-0.1, -0.05) is 30.3 Å². The molecule has 2 nitrogen and oxygen atoms in total. The van der Waals surface area contributed by atoms with E-state index in [2.05, 4.69) is 11.1 Å². The third kappa shape index (κ3) is 1.85. The lowest BCUT2D eigenvalue weighted by molar-refractivity contribution is 0.475. The van der Waals surface area contributed by atoms with Crippen LogP contribution >= 0.6 is 0 Å². The number of phenols is 1. The monoisotopic (exact) mass is 221 g/mol. The smallest absolute Gasteiger partial charge is 0.116 e. The fourth-order valence-electron chi connectivity index (χ4n) is 1.91. The van der Waals surface area contributed by atoms with E-state index < -0.39 is 0 Å². The van der Waals surface area contributed by atoms with Gasteiger partial charge < -0.3 is 5.11 Å². The van der Waals surface area contributed by atoms with Crippen LogP contribution in [0.15, 0.2) is 60.8 Å². The Labute approximate surface area is 99.2 Å². The molecule has 3 aromatic rings. The first-order valence-electron chi connectivity index (χ1n) is 5.47. The van der Waals surface area contributed by atoms with Crippen LogP contribution in [0, 0.1) is 0 Å². The van der Waals surface area contributed by atoms with Gasteiger partial charge in [0.25, 0.3) is 0 Å². The Bertz CT molecular complexity index is 676. The molecule has 1 N–H and O–H groups in total. The summed E-state index contributed by atoms with van der Waals surface area (Å²) in [5.41, 5.74) is 2.97. The fourth-order valence-corrected chi connectivity index (χ4v) is 1.91. The number of phenolic OH excluding ortho intramolecular Hbond substituents is 1. The Morgan fingerprint density at radius 3 is 2.59 bits per heavy atom. The lowest BCUT2D eigenvalue weighted by Crippen LogP contribution is -1.82. The average Bonchev–Trinajstić information content (AvgIpc) is 2.38. The highest BCUT2D eigenvalue weighted by atomic mass is 16.3. The molecule has 0 aliphatic rings. The van der Waals surface area contributed by atoms with Crippen LogP contribution in [0.25, 0.3) is 22.0 Å². The van der Waals surface area contributed by atoms with Crippen molar-refractivity contribution in [3.05, 3.63) is 60.8 Å². The molecule has 0 aliphatic heterocycles. The van der Waals surface area contributed by atoms with Crippen LogP contribution in [0.3, 0.4) is 0 Å². The molecular weight excluding hydrogens is 210 g/mol. The molecule has 82 valence electrons. The van der Waals surface area contributed by atoms with E-state index in [1.54, 1.807) is 12.1 Å². The number of rotatable bonds is 1. The Morgan fingerprint density at radius 2 is 1.71 bits per heavy atom. The molecule has 0 fully saturated rings. The van der Waals surface area contributed by atoms with Crippen molar-refractivity contribution in [2.75, 3.05) is 0 Å². The number of pyridine rings is 1. The van der Waals surface area contributed by atoms with Gasteiger partial charge >= 0.3 is 0 Å². The van der Waals surface area contributed by atoms with E-state index in [1.807, 2.05) is 42.6 Å². The van der Waals surface area contributed by atoms with Gasteiger partial charge in [0.15, 0.2) is 0 Å². The summed E-state index contributed by atoms with van der Waals surface area (Å²) < 4.78 is 0. The maximum atomic E-state index is 9.47. The molecule has 0 saturated carbocycles. The van der Waals surface area contributed by atoms with Crippen LogP contribution in [0.1, 0.15) is 0 Å². The summed E-state index contributed by atoms with van der Waals surface area (Å²) in [6, 6.07) is 17.3. The summed E-state index contributed by atoms with van der Waals surface area (Å²) in [6.07, 6.45) is 1.83. The molecule has 17 heavy (non-hydrogen) atoms. The SMILES string of the molecule is Oc1cccc(-c2cnc3ccccc3c2)c1. The molecular formula is C15H11NO. The van der Waals surface area contributed by atoms with E-state index in [4.69, 9.17) is 0 Å². The maximum Gasteiger partial charge on any atom is 0.116 e. The standard InChI is InChI=1S/C15H11NO/c17-14-6-3-5-11(9-14)13-8-12-4-1-2-7-15(12)16-10-13/h1-10,17H. The average molecular weight is 221 g/mol. The van der Waals surface area contributed by atoms with Crippen LogP contribution in [0.2, 0.25) is 0 Å². The fraction of sp³-hybridized carbons (Fsp3) is 0. The minimum Gasteiger partial charge on any atom is -0.508 e. The molecule has 0 aliphatic carbocycles. The summed E-state index contributed by atoms with van der Waals surface area (Å²) in [5, 5.41) is 10.6. The second kappa shape index (κ2) is 3.91. The molecule has 0 atom stereocenters. The van der Waals surface area contributed by atoms with Gasteiger partial charge in [-0.25, -0.2) is 0 Å². The van der Waals surface area contributed by atoms with Crippen molar-refractivity contribution < 1.29 is 5.11 Å². The number of benzene rings is 2. The number of fused-ring (bicyclic) bond motifs is 1. The number of hydrogen-bond acceptors (Lipinski definition) is 2. The zero-order valence-electron chi connectivity index (χ0n) is 9.17. The Hall–Kier alpha value is -2.35. The van der Waals surface area contributed by atoms with Gasteiger partial charge in [-0.3, -0.25) is 4.98 Å². The number of aromatic nitrogens is 1. The summed E-state index contributed by atoms with van der Waals surface area (Å²) in [6.45, 7) is 0. The quantitative estimate of drug-likeness (QED) is 0.681. The third-order valence-corrected chi connectivity index (χ3v) is 2.77. The first-order chi connectivity index (χ1) is 8.33. The van der Waals surface area contributed by atoms with Gasteiger partial charge in [0.1, 0.15) is 5.75 Å². The van der Waals surface area contributed by atoms with Crippen molar-refractivity contribution in [3.63, 3.8) is 0 Å². The van der Waals surface area contributed by atoms with Crippen molar-refractivity contribution in [2.45, 2.75) is 0 Å². The normalized spacial score (nSPS) is 10.6. The first-order valence-corrected chi connectivity index (χ1v) is 5.47. The predicted molar refractivity (Wildman–Crippen MR) is 68.8 cm³/mol. The predicted octanol–water partition coefficient (Wildman–Crippen LogP) is 3.61. The zero-order chi connectivity index (χ0) is 11.7. The Balaban J connectivity index is 2.18. The number of para-hydroxylation sites is 1. The van der Waals surface area contributed by atoms with Crippen LogP contribution in [-0.2, 0) is 0 Å². The molecule has 1 heterocycles.